The molecule has 1 atom stereocenters. The Balaban J connectivity index is 4.03. The van der Waals surface area contributed by atoms with Gasteiger partial charge in [0.1, 0.15) is 0 Å². The zero-order chi connectivity index (χ0) is 8.85. The van der Waals surface area contributed by atoms with Crippen LogP contribution in [-0.4, -0.2) is 28.5 Å². The maximum Gasteiger partial charge on any atom is 0.312 e. The largest absolute Gasteiger partial charge is 0.481 e. The van der Waals surface area contributed by atoms with Crippen LogP contribution in [0.25, 0.3) is 0 Å². The van der Waals surface area contributed by atoms with Crippen molar-refractivity contribution in [3.8, 4) is 0 Å². The topological polar surface area (TPSA) is 81.4 Å². The third-order valence-electron chi connectivity index (χ3n) is 1.51. The van der Waals surface area contributed by atoms with Crippen molar-refractivity contribution in [1.82, 2.24) is 0 Å². The summed E-state index contributed by atoms with van der Waals surface area (Å²) in [7, 11) is 0. The molecule has 0 saturated carbocycles. The highest BCUT2D eigenvalue weighted by atomic mass is 16.4. The molecule has 3 N–H and O–H groups in total. The summed E-state index contributed by atoms with van der Waals surface area (Å²) in [6.45, 7) is 1.56. The Morgan fingerprint density at radius 1 is 1.64 bits per heavy atom. The normalized spacial score (nSPS) is 12.5. The van der Waals surface area contributed by atoms with Gasteiger partial charge in [-0.15, -0.1) is 0 Å². The summed E-state index contributed by atoms with van der Waals surface area (Å²) in [4.78, 5) is 10.4. The summed E-state index contributed by atoms with van der Waals surface area (Å²) in [5.41, 5.74) is 0.0995. The minimum absolute atomic E-state index is 0.0995. The summed E-state index contributed by atoms with van der Waals surface area (Å²) in [5.74, 6) is -1.70. The van der Waals surface area contributed by atoms with Crippen molar-refractivity contribution in [2.75, 3.05) is 6.61 Å². The zero-order valence-corrected chi connectivity index (χ0v) is 6.50. The Morgan fingerprint density at radius 3 is 2.45 bits per heavy atom. The highest BCUT2D eigenvalue weighted by Gasteiger charge is 2.19. The molecular weight excluding hydrogens is 146 g/mol. The molecule has 0 aromatic heterocycles. The Morgan fingerprint density at radius 2 is 2.18 bits per heavy atom. The van der Waals surface area contributed by atoms with E-state index in [0.717, 1.165) is 0 Å². The number of hydrogen-bond acceptors (Lipinski definition) is 3. The van der Waals surface area contributed by atoms with Crippen LogP contribution in [0.1, 0.15) is 19.8 Å². The van der Waals surface area contributed by atoms with Crippen molar-refractivity contribution in [2.45, 2.75) is 19.8 Å². The van der Waals surface area contributed by atoms with Crippen molar-refractivity contribution in [1.29, 1.82) is 5.41 Å². The van der Waals surface area contributed by atoms with Crippen molar-refractivity contribution in [3.63, 3.8) is 0 Å². The number of carbonyl (C=O) groups is 1. The van der Waals surface area contributed by atoms with E-state index in [1.165, 1.54) is 0 Å². The molecule has 64 valence electrons. The molecule has 0 aliphatic carbocycles. The van der Waals surface area contributed by atoms with Gasteiger partial charge in [0.05, 0.1) is 5.92 Å². The molecule has 0 fully saturated rings. The molecule has 11 heavy (non-hydrogen) atoms. The number of aliphatic hydroxyl groups excluding tert-OH is 1. The number of rotatable bonds is 5. The van der Waals surface area contributed by atoms with Gasteiger partial charge in [-0.1, -0.05) is 6.92 Å². The quantitative estimate of drug-likeness (QED) is 0.511. The van der Waals surface area contributed by atoms with Crippen LogP contribution in [0.2, 0.25) is 0 Å². The van der Waals surface area contributed by atoms with Crippen LogP contribution < -0.4 is 0 Å². The number of hydrogen-bond donors (Lipinski definition) is 3. The van der Waals surface area contributed by atoms with Gasteiger partial charge >= 0.3 is 5.97 Å². The fraction of sp³-hybridized carbons (Fsp3) is 0.714. The zero-order valence-electron chi connectivity index (χ0n) is 6.50. The van der Waals surface area contributed by atoms with E-state index in [0.29, 0.717) is 6.42 Å². The molecule has 0 saturated heterocycles. The van der Waals surface area contributed by atoms with E-state index >= 15 is 0 Å². The van der Waals surface area contributed by atoms with Gasteiger partial charge in [-0.2, -0.15) is 0 Å². The third-order valence-corrected chi connectivity index (χ3v) is 1.51. The molecule has 4 heteroatoms. The average Bonchev–Trinajstić information content (AvgIpc) is 1.88. The lowest BCUT2D eigenvalue weighted by molar-refractivity contribution is -0.139. The van der Waals surface area contributed by atoms with E-state index in [1.807, 2.05) is 0 Å². The molecular formula is C7H13NO3. The van der Waals surface area contributed by atoms with Crippen molar-refractivity contribution < 1.29 is 15.0 Å². The number of aliphatic hydroxyl groups is 1. The fourth-order valence-electron chi connectivity index (χ4n) is 0.865. The third kappa shape index (κ3) is 3.13. The van der Waals surface area contributed by atoms with Gasteiger partial charge in [-0.25, -0.2) is 0 Å². The highest BCUT2D eigenvalue weighted by molar-refractivity contribution is 5.99. The molecule has 0 heterocycles. The molecule has 0 radical (unpaired) electrons. The molecule has 0 aliphatic heterocycles. The molecule has 1 unspecified atom stereocenters. The van der Waals surface area contributed by atoms with Gasteiger partial charge < -0.3 is 15.6 Å². The van der Waals surface area contributed by atoms with Crippen molar-refractivity contribution in [3.05, 3.63) is 0 Å². The fourth-order valence-corrected chi connectivity index (χ4v) is 0.865. The maximum absolute atomic E-state index is 10.4. The molecule has 0 aromatic rings. The summed E-state index contributed by atoms with van der Waals surface area (Å²) in [6, 6.07) is 0. The Labute approximate surface area is 65.4 Å². The second-order valence-electron chi connectivity index (χ2n) is 2.30. The monoisotopic (exact) mass is 159 g/mol. The van der Waals surface area contributed by atoms with Crippen LogP contribution in [0.4, 0.5) is 0 Å². The summed E-state index contributed by atoms with van der Waals surface area (Å²) < 4.78 is 0. The summed E-state index contributed by atoms with van der Waals surface area (Å²) >= 11 is 0. The Bertz CT molecular complexity index is 156. The Kier molecular flexibility index (Phi) is 4.45. The van der Waals surface area contributed by atoms with Gasteiger partial charge in [-0.05, 0) is 6.42 Å². The second kappa shape index (κ2) is 4.85. The van der Waals surface area contributed by atoms with Gasteiger partial charge in [0.2, 0.25) is 0 Å². The Hall–Kier alpha value is -0.900. The molecule has 0 bridgehead atoms. The smallest absolute Gasteiger partial charge is 0.312 e. The predicted molar refractivity (Wildman–Crippen MR) is 40.8 cm³/mol. The maximum atomic E-state index is 10.4. The first-order valence-electron chi connectivity index (χ1n) is 3.54. The molecule has 0 spiro atoms. The van der Waals surface area contributed by atoms with Gasteiger partial charge in [0.15, 0.2) is 0 Å². The first-order chi connectivity index (χ1) is 5.13. The molecule has 0 amide bonds. The van der Waals surface area contributed by atoms with E-state index < -0.39 is 11.9 Å². The van der Waals surface area contributed by atoms with Crippen LogP contribution in [0.3, 0.4) is 0 Å². The number of carboxylic acids is 1. The second-order valence-corrected chi connectivity index (χ2v) is 2.30. The van der Waals surface area contributed by atoms with E-state index in [-0.39, 0.29) is 18.7 Å². The standard InChI is InChI=1S/C7H13NO3/c1-2-5(7(10)11)6(8)3-4-9/h5,8-9H,2-4H2,1H3,(H,10,11). The summed E-state index contributed by atoms with van der Waals surface area (Å²) in [5, 5.41) is 24.2. The van der Waals surface area contributed by atoms with Crippen LogP contribution >= 0.6 is 0 Å². The molecule has 0 aliphatic rings. The summed E-state index contributed by atoms with van der Waals surface area (Å²) in [6.07, 6.45) is 0.568. The minimum Gasteiger partial charge on any atom is -0.481 e. The SMILES string of the molecule is CCC(C(=N)CCO)C(=O)O. The van der Waals surface area contributed by atoms with E-state index in [1.54, 1.807) is 6.92 Å². The minimum atomic E-state index is -0.981. The van der Waals surface area contributed by atoms with Crippen LogP contribution in [0, 0.1) is 11.3 Å². The lowest BCUT2D eigenvalue weighted by Crippen LogP contribution is -2.22. The van der Waals surface area contributed by atoms with E-state index in [4.69, 9.17) is 15.6 Å². The van der Waals surface area contributed by atoms with Gasteiger partial charge in [0.25, 0.3) is 0 Å². The van der Waals surface area contributed by atoms with Gasteiger partial charge in [-0.3, -0.25) is 4.79 Å². The number of nitrogens with one attached hydrogen (secondary N) is 1. The molecule has 4 nitrogen and oxygen atoms in total. The number of aliphatic carboxylic acids is 1. The van der Waals surface area contributed by atoms with E-state index in [2.05, 4.69) is 0 Å². The van der Waals surface area contributed by atoms with Crippen LogP contribution in [0.15, 0.2) is 0 Å². The van der Waals surface area contributed by atoms with Crippen LogP contribution in [-0.2, 0) is 4.79 Å². The van der Waals surface area contributed by atoms with Crippen molar-refractivity contribution in [2.24, 2.45) is 5.92 Å². The molecule has 0 aromatic carbocycles. The molecule has 0 rings (SSSR count). The first kappa shape index (κ1) is 10.1. The van der Waals surface area contributed by atoms with Gasteiger partial charge in [0, 0.05) is 18.7 Å². The first-order valence-corrected chi connectivity index (χ1v) is 3.54. The van der Waals surface area contributed by atoms with E-state index in [9.17, 15) is 4.79 Å². The van der Waals surface area contributed by atoms with Crippen LogP contribution in [0.5, 0.6) is 0 Å². The lowest BCUT2D eigenvalue weighted by atomic mass is 9.99. The number of carboxylic acid groups (broad SMARTS) is 1. The van der Waals surface area contributed by atoms with Crippen molar-refractivity contribution >= 4 is 11.7 Å². The lowest BCUT2D eigenvalue weighted by Gasteiger charge is -2.09. The average molecular weight is 159 g/mol. The highest BCUT2D eigenvalue weighted by Crippen LogP contribution is 2.06. The predicted octanol–water partition coefficient (Wildman–Crippen LogP) is 0.499.